The van der Waals surface area contributed by atoms with Gasteiger partial charge in [0, 0.05) is 20.2 Å². The van der Waals surface area contributed by atoms with Gasteiger partial charge in [-0.05, 0) is 5.92 Å². The molecule has 12 heavy (non-hydrogen) atoms. The molecule has 0 spiro atoms. The van der Waals surface area contributed by atoms with Crippen LogP contribution in [0.2, 0.25) is 0 Å². The van der Waals surface area contributed by atoms with Crippen molar-refractivity contribution >= 4 is 0 Å². The van der Waals surface area contributed by atoms with Gasteiger partial charge in [-0.3, -0.25) is 4.90 Å². The average molecular weight is 169 g/mol. The molecule has 0 N–H and O–H groups in total. The summed E-state index contributed by atoms with van der Waals surface area (Å²) in [7, 11) is 1.71. The van der Waals surface area contributed by atoms with Gasteiger partial charge in [-0.1, -0.05) is 19.8 Å². The Morgan fingerprint density at radius 3 is 2.58 bits per heavy atom. The quantitative estimate of drug-likeness (QED) is 0.554. The van der Waals surface area contributed by atoms with Crippen molar-refractivity contribution in [3.8, 4) is 12.3 Å². The molecule has 0 aromatic rings. The third-order valence-electron chi connectivity index (χ3n) is 1.55. The van der Waals surface area contributed by atoms with Crippen molar-refractivity contribution in [2.24, 2.45) is 5.92 Å². The van der Waals surface area contributed by atoms with Crippen LogP contribution in [0.4, 0.5) is 0 Å². The fraction of sp³-hybridized carbons (Fsp3) is 0.800. The molecule has 0 aliphatic rings. The lowest BCUT2D eigenvalue weighted by atomic mass is 10.2. The summed E-state index contributed by atoms with van der Waals surface area (Å²) in [4.78, 5) is 2.23. The maximum Gasteiger partial charge on any atom is 0.0599 e. The second-order valence-electron chi connectivity index (χ2n) is 3.33. The Balaban J connectivity index is 3.63. The van der Waals surface area contributed by atoms with E-state index in [2.05, 4.69) is 24.7 Å². The molecule has 0 unspecified atom stereocenters. The van der Waals surface area contributed by atoms with Gasteiger partial charge in [-0.2, -0.15) is 0 Å². The summed E-state index contributed by atoms with van der Waals surface area (Å²) in [5, 5.41) is 0. The van der Waals surface area contributed by atoms with E-state index < -0.39 is 0 Å². The summed E-state index contributed by atoms with van der Waals surface area (Å²) in [5.74, 6) is 3.31. The van der Waals surface area contributed by atoms with Crippen LogP contribution in [0.1, 0.15) is 13.8 Å². The Morgan fingerprint density at radius 1 is 1.50 bits per heavy atom. The summed E-state index contributed by atoms with van der Waals surface area (Å²) in [5.41, 5.74) is 0. The largest absolute Gasteiger partial charge is 0.383 e. The molecule has 0 aromatic carbocycles. The highest BCUT2D eigenvalue weighted by Gasteiger charge is 2.04. The molecule has 0 saturated carbocycles. The van der Waals surface area contributed by atoms with Crippen LogP contribution in [-0.2, 0) is 4.74 Å². The predicted octanol–water partition coefficient (Wildman–Crippen LogP) is 1.22. The topological polar surface area (TPSA) is 12.5 Å². The molecule has 0 saturated heterocycles. The van der Waals surface area contributed by atoms with Crippen molar-refractivity contribution < 1.29 is 4.74 Å². The molecule has 70 valence electrons. The summed E-state index contributed by atoms with van der Waals surface area (Å²) >= 11 is 0. The Hall–Kier alpha value is -0.520. The molecule has 0 amide bonds. The molecule has 0 aliphatic heterocycles. The van der Waals surface area contributed by atoms with Crippen molar-refractivity contribution in [2.45, 2.75) is 13.8 Å². The van der Waals surface area contributed by atoms with Crippen LogP contribution in [0.3, 0.4) is 0 Å². The third kappa shape index (κ3) is 6.21. The fourth-order valence-electron chi connectivity index (χ4n) is 1.10. The first kappa shape index (κ1) is 11.5. The van der Waals surface area contributed by atoms with E-state index in [0.29, 0.717) is 5.92 Å². The molecular weight excluding hydrogens is 150 g/mol. The van der Waals surface area contributed by atoms with Gasteiger partial charge in [0.2, 0.25) is 0 Å². The smallest absolute Gasteiger partial charge is 0.0599 e. The Bertz CT molecular complexity index is 137. The van der Waals surface area contributed by atoms with Gasteiger partial charge in [0.1, 0.15) is 0 Å². The van der Waals surface area contributed by atoms with E-state index in [1.807, 2.05) is 0 Å². The van der Waals surface area contributed by atoms with Crippen molar-refractivity contribution in [3.05, 3.63) is 0 Å². The van der Waals surface area contributed by atoms with Gasteiger partial charge < -0.3 is 4.74 Å². The molecule has 0 atom stereocenters. The maximum absolute atomic E-state index is 5.24. The molecule has 0 rings (SSSR count). The second-order valence-corrected chi connectivity index (χ2v) is 3.33. The lowest BCUT2D eigenvalue weighted by Gasteiger charge is -2.21. The standard InChI is InChI=1S/C10H19NO/c1-5-6-11(7-8-12-4)9-10(2)3/h1,10H,6-9H2,2-4H3. The zero-order chi connectivity index (χ0) is 9.40. The summed E-state index contributed by atoms with van der Waals surface area (Å²) in [6, 6.07) is 0. The van der Waals surface area contributed by atoms with Gasteiger partial charge in [0.05, 0.1) is 13.2 Å². The molecule has 0 bridgehead atoms. The minimum atomic E-state index is 0.662. The molecule has 0 heterocycles. The lowest BCUT2D eigenvalue weighted by molar-refractivity contribution is 0.148. The van der Waals surface area contributed by atoms with Gasteiger partial charge >= 0.3 is 0 Å². The zero-order valence-corrected chi connectivity index (χ0v) is 8.34. The highest BCUT2D eigenvalue weighted by atomic mass is 16.5. The Labute approximate surface area is 75.9 Å². The first-order valence-corrected chi connectivity index (χ1v) is 4.35. The molecular formula is C10H19NO. The SMILES string of the molecule is C#CCN(CCOC)CC(C)C. The van der Waals surface area contributed by atoms with Crippen molar-refractivity contribution in [1.29, 1.82) is 0 Å². The van der Waals surface area contributed by atoms with Gasteiger partial charge in [0.25, 0.3) is 0 Å². The molecule has 2 heteroatoms. The molecule has 0 radical (unpaired) electrons. The van der Waals surface area contributed by atoms with Crippen LogP contribution in [-0.4, -0.2) is 38.3 Å². The molecule has 0 aliphatic carbocycles. The lowest BCUT2D eigenvalue weighted by Crippen LogP contribution is -2.31. The maximum atomic E-state index is 5.24. The number of ether oxygens (including phenoxy) is 1. The highest BCUT2D eigenvalue weighted by Crippen LogP contribution is 1.97. The number of methoxy groups -OCH3 is 1. The first-order valence-electron chi connectivity index (χ1n) is 4.35. The Kier molecular flexibility index (Phi) is 6.84. The van der Waals surface area contributed by atoms with Crippen molar-refractivity contribution in [3.63, 3.8) is 0 Å². The van der Waals surface area contributed by atoms with Crippen LogP contribution in [0, 0.1) is 18.3 Å². The van der Waals surface area contributed by atoms with E-state index in [-0.39, 0.29) is 0 Å². The van der Waals surface area contributed by atoms with Crippen molar-refractivity contribution in [1.82, 2.24) is 4.90 Å². The van der Waals surface area contributed by atoms with Gasteiger partial charge in [0.15, 0.2) is 0 Å². The molecule has 2 nitrogen and oxygen atoms in total. The van der Waals surface area contributed by atoms with E-state index >= 15 is 0 Å². The number of hydrogen-bond acceptors (Lipinski definition) is 2. The van der Waals surface area contributed by atoms with E-state index in [4.69, 9.17) is 11.2 Å². The number of nitrogens with zero attached hydrogens (tertiary/aromatic N) is 1. The normalized spacial score (nSPS) is 10.7. The van der Waals surface area contributed by atoms with Crippen LogP contribution in [0.15, 0.2) is 0 Å². The van der Waals surface area contributed by atoms with E-state index in [1.165, 1.54) is 0 Å². The third-order valence-corrected chi connectivity index (χ3v) is 1.55. The average Bonchev–Trinajstić information content (AvgIpc) is 2.00. The second kappa shape index (κ2) is 7.15. The van der Waals surface area contributed by atoms with Crippen LogP contribution in [0.25, 0.3) is 0 Å². The van der Waals surface area contributed by atoms with Crippen molar-refractivity contribution in [2.75, 3.05) is 33.4 Å². The molecule has 0 aromatic heterocycles. The minimum absolute atomic E-state index is 0.662. The highest BCUT2D eigenvalue weighted by molar-refractivity contribution is 4.88. The van der Waals surface area contributed by atoms with E-state index in [9.17, 15) is 0 Å². The zero-order valence-electron chi connectivity index (χ0n) is 8.34. The van der Waals surface area contributed by atoms with Gasteiger partial charge in [-0.25, -0.2) is 0 Å². The van der Waals surface area contributed by atoms with E-state index in [1.54, 1.807) is 7.11 Å². The van der Waals surface area contributed by atoms with Crippen LogP contribution >= 0.6 is 0 Å². The minimum Gasteiger partial charge on any atom is -0.383 e. The Morgan fingerprint density at radius 2 is 2.17 bits per heavy atom. The fourth-order valence-corrected chi connectivity index (χ4v) is 1.10. The van der Waals surface area contributed by atoms with Crippen LogP contribution < -0.4 is 0 Å². The summed E-state index contributed by atoms with van der Waals surface area (Å²) < 4.78 is 4.99. The monoisotopic (exact) mass is 169 g/mol. The first-order chi connectivity index (χ1) is 5.70. The number of terminal acetylenes is 1. The summed E-state index contributed by atoms with van der Waals surface area (Å²) in [6.07, 6.45) is 5.24. The number of rotatable bonds is 6. The predicted molar refractivity (Wildman–Crippen MR) is 52.0 cm³/mol. The van der Waals surface area contributed by atoms with E-state index in [0.717, 1.165) is 26.2 Å². The van der Waals surface area contributed by atoms with Crippen LogP contribution in [0.5, 0.6) is 0 Å². The number of hydrogen-bond donors (Lipinski definition) is 0. The van der Waals surface area contributed by atoms with Gasteiger partial charge in [-0.15, -0.1) is 6.42 Å². The molecule has 0 fully saturated rings. The summed E-state index contributed by atoms with van der Waals surface area (Å²) in [6.45, 7) is 7.84.